The van der Waals surface area contributed by atoms with Crippen LogP contribution in [0.25, 0.3) is 0 Å². The molecule has 0 fully saturated rings. The number of nitrogens with zero attached hydrogens (tertiary/aromatic N) is 1. The van der Waals surface area contributed by atoms with Crippen molar-refractivity contribution in [3.8, 4) is 0 Å². The average Bonchev–Trinajstić information content (AvgIpc) is 2.98. The van der Waals surface area contributed by atoms with Crippen LogP contribution in [0.1, 0.15) is 15.2 Å². The number of hydrogen-bond donors (Lipinski definition) is 0. The van der Waals surface area contributed by atoms with Crippen LogP contribution in [0.2, 0.25) is 0 Å². The Balaban J connectivity index is 2.28. The maximum atomic E-state index is 12.6. The van der Waals surface area contributed by atoms with E-state index in [1.165, 1.54) is 12.1 Å². The molecule has 0 bridgehead atoms. The summed E-state index contributed by atoms with van der Waals surface area (Å²) in [5, 5.41) is 1.95. The highest BCUT2D eigenvalue weighted by atomic mass is 32.2. The normalized spacial score (nSPS) is 11.1. The van der Waals surface area contributed by atoms with Crippen LogP contribution in [-0.2, 0) is 16.4 Å². The van der Waals surface area contributed by atoms with Crippen LogP contribution in [0.5, 0.6) is 0 Å². The summed E-state index contributed by atoms with van der Waals surface area (Å²) in [6.07, 6.45) is 2.79. The molecule has 0 spiro atoms. The lowest BCUT2D eigenvalue weighted by atomic mass is 10.2. The number of amides is 1. The Morgan fingerprint density at radius 2 is 2.09 bits per heavy atom. The largest absolute Gasteiger partial charge is 0.330 e. The monoisotopic (exact) mass is 335 g/mol. The summed E-state index contributed by atoms with van der Waals surface area (Å²) in [7, 11) is -3.34. The topological polar surface area (TPSA) is 54.5 Å². The van der Waals surface area contributed by atoms with Gasteiger partial charge in [-0.15, -0.1) is 17.9 Å². The van der Waals surface area contributed by atoms with Crippen molar-refractivity contribution in [1.82, 2.24) is 4.90 Å². The van der Waals surface area contributed by atoms with Crippen molar-refractivity contribution in [2.45, 2.75) is 11.4 Å². The molecule has 0 aliphatic heterocycles. The summed E-state index contributed by atoms with van der Waals surface area (Å²) in [6, 6.07) is 10.0. The number of sulfone groups is 1. The first-order valence-electron chi connectivity index (χ1n) is 6.64. The lowest BCUT2D eigenvalue weighted by molar-refractivity contribution is 0.0764. The summed E-state index contributed by atoms with van der Waals surface area (Å²) in [5.74, 6) is -0.209. The molecule has 2 aromatic rings. The van der Waals surface area contributed by atoms with Crippen molar-refractivity contribution in [2.75, 3.05) is 12.8 Å². The van der Waals surface area contributed by atoms with Gasteiger partial charge in [0.2, 0.25) is 0 Å². The zero-order valence-corrected chi connectivity index (χ0v) is 13.9. The molecule has 4 nitrogen and oxygen atoms in total. The smallest absolute Gasteiger partial charge is 0.254 e. The number of rotatable bonds is 6. The molecule has 1 heterocycles. The van der Waals surface area contributed by atoms with Crippen LogP contribution < -0.4 is 0 Å². The van der Waals surface area contributed by atoms with E-state index in [0.717, 1.165) is 11.1 Å². The van der Waals surface area contributed by atoms with Crippen LogP contribution in [0.15, 0.2) is 59.3 Å². The summed E-state index contributed by atoms with van der Waals surface area (Å²) < 4.78 is 23.2. The van der Waals surface area contributed by atoms with Crippen LogP contribution in [0.3, 0.4) is 0 Å². The molecule has 1 aromatic heterocycles. The van der Waals surface area contributed by atoms with E-state index in [2.05, 4.69) is 6.58 Å². The quantitative estimate of drug-likeness (QED) is 0.763. The zero-order valence-electron chi connectivity index (χ0n) is 12.2. The van der Waals surface area contributed by atoms with Crippen molar-refractivity contribution < 1.29 is 13.2 Å². The van der Waals surface area contributed by atoms with Gasteiger partial charge in [0.1, 0.15) is 0 Å². The third-order valence-corrected chi connectivity index (χ3v) is 5.04. The molecule has 6 heteroatoms. The number of carbonyl (C=O) groups excluding carboxylic acids is 1. The summed E-state index contributed by atoms with van der Waals surface area (Å²) in [6.45, 7) is 4.56. The Kier molecular flexibility index (Phi) is 5.15. The number of benzene rings is 1. The number of carbonyl (C=O) groups is 1. The van der Waals surface area contributed by atoms with Crippen LogP contribution in [0, 0.1) is 0 Å². The number of thiophene rings is 1. The van der Waals surface area contributed by atoms with Gasteiger partial charge in [0.15, 0.2) is 9.84 Å². The van der Waals surface area contributed by atoms with Gasteiger partial charge in [-0.05, 0) is 29.6 Å². The Bertz CT molecular complexity index is 764. The minimum absolute atomic E-state index is 0.146. The van der Waals surface area contributed by atoms with Gasteiger partial charge in [0, 0.05) is 23.2 Å². The minimum Gasteiger partial charge on any atom is -0.330 e. The standard InChI is InChI=1S/C16H17NO3S2/c1-3-9-17(12-14-7-5-10-21-14)16(18)13-6-4-8-15(11-13)22(2,19)20/h3-8,10-11H,1,9,12H2,2H3. The van der Waals surface area contributed by atoms with Gasteiger partial charge < -0.3 is 4.90 Å². The van der Waals surface area contributed by atoms with Crippen LogP contribution in [0.4, 0.5) is 0 Å². The second-order valence-corrected chi connectivity index (χ2v) is 7.90. The van der Waals surface area contributed by atoms with Crippen molar-refractivity contribution in [1.29, 1.82) is 0 Å². The molecule has 1 amide bonds. The molecule has 0 aliphatic rings. The van der Waals surface area contributed by atoms with Gasteiger partial charge in [-0.1, -0.05) is 18.2 Å². The van der Waals surface area contributed by atoms with E-state index in [4.69, 9.17) is 0 Å². The molecule has 0 saturated carbocycles. The predicted molar refractivity (Wildman–Crippen MR) is 88.8 cm³/mol. The highest BCUT2D eigenvalue weighted by molar-refractivity contribution is 7.90. The Morgan fingerprint density at radius 1 is 1.32 bits per heavy atom. The first kappa shape index (κ1) is 16.5. The molecule has 1 aromatic carbocycles. The third-order valence-electron chi connectivity index (χ3n) is 3.07. The Labute approximate surface area is 134 Å². The van der Waals surface area contributed by atoms with E-state index in [9.17, 15) is 13.2 Å². The van der Waals surface area contributed by atoms with Gasteiger partial charge >= 0.3 is 0 Å². The highest BCUT2D eigenvalue weighted by Crippen LogP contribution is 2.17. The lowest BCUT2D eigenvalue weighted by Gasteiger charge is -2.20. The molecule has 0 unspecified atom stereocenters. The first-order valence-corrected chi connectivity index (χ1v) is 9.41. The maximum absolute atomic E-state index is 12.6. The average molecular weight is 335 g/mol. The second-order valence-electron chi connectivity index (χ2n) is 4.85. The highest BCUT2D eigenvalue weighted by Gasteiger charge is 2.17. The van der Waals surface area contributed by atoms with E-state index in [1.807, 2.05) is 17.5 Å². The van der Waals surface area contributed by atoms with Crippen molar-refractivity contribution in [3.05, 3.63) is 64.9 Å². The summed E-state index contributed by atoms with van der Waals surface area (Å²) >= 11 is 1.57. The fourth-order valence-corrected chi connectivity index (χ4v) is 3.39. The Hall–Kier alpha value is -1.92. The minimum atomic E-state index is -3.34. The third kappa shape index (κ3) is 4.05. The fourth-order valence-electron chi connectivity index (χ4n) is 2.01. The van der Waals surface area contributed by atoms with E-state index in [0.29, 0.717) is 18.7 Å². The molecule has 0 N–H and O–H groups in total. The fraction of sp³-hybridized carbons (Fsp3) is 0.188. The van der Waals surface area contributed by atoms with E-state index in [-0.39, 0.29) is 10.8 Å². The van der Waals surface area contributed by atoms with Gasteiger partial charge in [-0.3, -0.25) is 4.79 Å². The van der Waals surface area contributed by atoms with Gasteiger partial charge in [-0.2, -0.15) is 0 Å². The zero-order chi connectivity index (χ0) is 16.2. The van der Waals surface area contributed by atoms with Gasteiger partial charge in [0.05, 0.1) is 11.4 Å². The molecule has 0 saturated heterocycles. The van der Waals surface area contributed by atoms with Gasteiger partial charge in [-0.25, -0.2) is 8.42 Å². The van der Waals surface area contributed by atoms with Crippen molar-refractivity contribution >= 4 is 27.1 Å². The molecule has 22 heavy (non-hydrogen) atoms. The van der Waals surface area contributed by atoms with Crippen LogP contribution >= 0.6 is 11.3 Å². The summed E-state index contributed by atoms with van der Waals surface area (Å²) in [5.41, 5.74) is 0.362. The van der Waals surface area contributed by atoms with E-state index >= 15 is 0 Å². The van der Waals surface area contributed by atoms with Gasteiger partial charge in [0.25, 0.3) is 5.91 Å². The molecular weight excluding hydrogens is 318 g/mol. The molecule has 0 aliphatic carbocycles. The molecule has 2 rings (SSSR count). The number of hydrogen-bond acceptors (Lipinski definition) is 4. The predicted octanol–water partition coefficient (Wildman–Crippen LogP) is 2.98. The second kappa shape index (κ2) is 6.89. The summed E-state index contributed by atoms with van der Waals surface area (Å²) in [4.78, 5) is 15.5. The lowest BCUT2D eigenvalue weighted by Crippen LogP contribution is -2.30. The van der Waals surface area contributed by atoms with Crippen LogP contribution in [-0.4, -0.2) is 32.0 Å². The first-order chi connectivity index (χ1) is 10.4. The SMILES string of the molecule is C=CCN(Cc1cccs1)C(=O)c1cccc(S(C)(=O)=O)c1. The molecular formula is C16H17NO3S2. The van der Waals surface area contributed by atoms with Crippen molar-refractivity contribution in [2.24, 2.45) is 0 Å². The van der Waals surface area contributed by atoms with E-state index < -0.39 is 9.84 Å². The van der Waals surface area contributed by atoms with Crippen molar-refractivity contribution in [3.63, 3.8) is 0 Å². The maximum Gasteiger partial charge on any atom is 0.254 e. The molecule has 0 radical (unpaired) electrons. The molecule has 0 atom stereocenters. The van der Waals surface area contributed by atoms with E-state index in [1.54, 1.807) is 34.4 Å². The molecule has 116 valence electrons. The Morgan fingerprint density at radius 3 is 2.68 bits per heavy atom.